The molecule has 0 aliphatic heterocycles. The standard InChI is InChI=1S/C10H19NO2/c1-8(2)6-11-7-9(12)13-10(3,4)5/h6,8H,7H2,1-5H3. The minimum absolute atomic E-state index is 0.120. The molecule has 0 aromatic rings. The molecular weight excluding hydrogens is 166 g/mol. The SMILES string of the molecule is CC(C)C=NCC(=O)OC(C)(C)C. The first-order valence-corrected chi connectivity index (χ1v) is 4.53. The second kappa shape index (κ2) is 5.00. The van der Waals surface area contributed by atoms with E-state index in [2.05, 4.69) is 4.99 Å². The van der Waals surface area contributed by atoms with E-state index >= 15 is 0 Å². The van der Waals surface area contributed by atoms with Crippen molar-refractivity contribution in [3.63, 3.8) is 0 Å². The molecule has 0 spiro atoms. The molecule has 0 amide bonds. The molecule has 0 aliphatic rings. The van der Waals surface area contributed by atoms with Gasteiger partial charge in [0, 0.05) is 6.21 Å². The van der Waals surface area contributed by atoms with Gasteiger partial charge in [-0.15, -0.1) is 0 Å². The predicted molar refractivity (Wildman–Crippen MR) is 54.0 cm³/mol. The fraction of sp³-hybridized carbons (Fsp3) is 0.800. The summed E-state index contributed by atoms with van der Waals surface area (Å²) in [5, 5.41) is 0. The Labute approximate surface area is 80.2 Å². The van der Waals surface area contributed by atoms with Crippen LogP contribution in [0.2, 0.25) is 0 Å². The molecular formula is C10H19NO2. The summed E-state index contributed by atoms with van der Waals surface area (Å²) in [5.41, 5.74) is -0.412. The van der Waals surface area contributed by atoms with Crippen molar-refractivity contribution >= 4 is 12.2 Å². The van der Waals surface area contributed by atoms with Crippen LogP contribution in [0.4, 0.5) is 0 Å². The van der Waals surface area contributed by atoms with Gasteiger partial charge in [-0.05, 0) is 26.7 Å². The van der Waals surface area contributed by atoms with Gasteiger partial charge in [-0.1, -0.05) is 13.8 Å². The summed E-state index contributed by atoms with van der Waals surface area (Å²) in [4.78, 5) is 15.1. The van der Waals surface area contributed by atoms with Crippen LogP contribution in [0.5, 0.6) is 0 Å². The molecule has 0 aromatic carbocycles. The molecule has 0 fully saturated rings. The second-order valence-corrected chi connectivity index (χ2v) is 4.32. The molecule has 3 nitrogen and oxygen atoms in total. The second-order valence-electron chi connectivity index (χ2n) is 4.32. The van der Waals surface area contributed by atoms with Crippen molar-refractivity contribution in [2.24, 2.45) is 10.9 Å². The number of esters is 1. The van der Waals surface area contributed by atoms with E-state index in [-0.39, 0.29) is 12.5 Å². The first kappa shape index (κ1) is 12.1. The summed E-state index contributed by atoms with van der Waals surface area (Å²) in [6.45, 7) is 9.68. The highest BCUT2D eigenvalue weighted by Crippen LogP contribution is 2.06. The molecule has 0 unspecified atom stereocenters. The largest absolute Gasteiger partial charge is 0.459 e. The number of aliphatic imine (C=N–C) groups is 1. The van der Waals surface area contributed by atoms with Crippen LogP contribution in [-0.4, -0.2) is 24.3 Å². The van der Waals surface area contributed by atoms with Crippen LogP contribution in [0.3, 0.4) is 0 Å². The Morgan fingerprint density at radius 3 is 2.38 bits per heavy atom. The first-order valence-electron chi connectivity index (χ1n) is 4.53. The Bertz CT molecular complexity index is 190. The molecule has 0 saturated heterocycles. The Morgan fingerprint density at radius 1 is 1.46 bits per heavy atom. The summed E-state index contributed by atoms with van der Waals surface area (Å²) < 4.78 is 5.07. The average Bonchev–Trinajstić information content (AvgIpc) is 1.81. The van der Waals surface area contributed by atoms with Crippen molar-refractivity contribution in [3.05, 3.63) is 0 Å². The minimum atomic E-state index is -0.412. The van der Waals surface area contributed by atoms with Crippen molar-refractivity contribution in [3.8, 4) is 0 Å². The Balaban J connectivity index is 3.77. The van der Waals surface area contributed by atoms with Gasteiger partial charge >= 0.3 is 5.97 Å². The Kier molecular flexibility index (Phi) is 4.67. The summed E-state index contributed by atoms with van der Waals surface area (Å²) in [6, 6.07) is 0. The van der Waals surface area contributed by atoms with Crippen LogP contribution in [0.1, 0.15) is 34.6 Å². The Hall–Kier alpha value is -0.860. The Morgan fingerprint density at radius 2 is 2.00 bits per heavy atom. The number of rotatable bonds is 3. The van der Waals surface area contributed by atoms with Crippen molar-refractivity contribution in [2.75, 3.05) is 6.54 Å². The van der Waals surface area contributed by atoms with Crippen LogP contribution in [0.15, 0.2) is 4.99 Å². The van der Waals surface area contributed by atoms with Crippen LogP contribution in [-0.2, 0) is 9.53 Å². The van der Waals surface area contributed by atoms with E-state index in [1.54, 1.807) is 6.21 Å². The zero-order chi connectivity index (χ0) is 10.5. The van der Waals surface area contributed by atoms with Crippen molar-refractivity contribution in [1.29, 1.82) is 0 Å². The number of nitrogens with zero attached hydrogens (tertiary/aromatic N) is 1. The monoisotopic (exact) mass is 185 g/mol. The maximum atomic E-state index is 11.1. The number of carbonyl (C=O) groups is 1. The molecule has 0 bridgehead atoms. The quantitative estimate of drug-likeness (QED) is 0.498. The minimum Gasteiger partial charge on any atom is -0.459 e. The average molecular weight is 185 g/mol. The summed E-state index contributed by atoms with van der Waals surface area (Å²) in [6.07, 6.45) is 1.75. The predicted octanol–water partition coefficient (Wildman–Crippen LogP) is 2.05. The van der Waals surface area contributed by atoms with Crippen LogP contribution in [0.25, 0.3) is 0 Å². The first-order chi connectivity index (χ1) is 5.81. The van der Waals surface area contributed by atoms with E-state index in [1.807, 2.05) is 34.6 Å². The van der Waals surface area contributed by atoms with Gasteiger partial charge in [0.05, 0.1) is 0 Å². The van der Waals surface area contributed by atoms with Crippen LogP contribution >= 0.6 is 0 Å². The number of carbonyl (C=O) groups excluding carboxylic acids is 1. The molecule has 0 rings (SSSR count). The molecule has 0 aromatic heterocycles. The lowest BCUT2D eigenvalue weighted by molar-refractivity contribution is -0.152. The third kappa shape index (κ3) is 9.05. The highest BCUT2D eigenvalue weighted by molar-refractivity contribution is 5.74. The van der Waals surface area contributed by atoms with Crippen molar-refractivity contribution in [1.82, 2.24) is 0 Å². The molecule has 0 heterocycles. The fourth-order valence-corrected chi connectivity index (χ4v) is 0.712. The highest BCUT2D eigenvalue weighted by atomic mass is 16.6. The lowest BCUT2D eigenvalue weighted by Crippen LogP contribution is -2.25. The van der Waals surface area contributed by atoms with Gasteiger partial charge in [-0.2, -0.15) is 0 Å². The van der Waals surface area contributed by atoms with Crippen molar-refractivity contribution < 1.29 is 9.53 Å². The zero-order valence-electron chi connectivity index (χ0n) is 9.13. The maximum Gasteiger partial charge on any atom is 0.328 e. The molecule has 76 valence electrons. The molecule has 0 saturated carbocycles. The summed E-state index contributed by atoms with van der Waals surface area (Å²) in [5.74, 6) is 0.104. The molecule has 0 atom stereocenters. The number of hydrogen-bond acceptors (Lipinski definition) is 3. The fourth-order valence-electron chi connectivity index (χ4n) is 0.712. The van der Waals surface area contributed by atoms with E-state index in [0.717, 1.165) is 0 Å². The summed E-state index contributed by atoms with van der Waals surface area (Å²) >= 11 is 0. The van der Waals surface area contributed by atoms with E-state index in [1.165, 1.54) is 0 Å². The van der Waals surface area contributed by atoms with E-state index in [9.17, 15) is 4.79 Å². The van der Waals surface area contributed by atoms with Gasteiger partial charge in [0.15, 0.2) is 0 Å². The van der Waals surface area contributed by atoms with Gasteiger partial charge in [0.25, 0.3) is 0 Å². The normalized spacial score (nSPS) is 12.5. The van der Waals surface area contributed by atoms with Gasteiger partial charge < -0.3 is 4.74 Å². The lowest BCUT2D eigenvalue weighted by Gasteiger charge is -2.18. The van der Waals surface area contributed by atoms with Gasteiger partial charge in [0.1, 0.15) is 12.1 Å². The third-order valence-corrected chi connectivity index (χ3v) is 1.04. The van der Waals surface area contributed by atoms with Gasteiger partial charge in [-0.25, -0.2) is 0 Å². The van der Waals surface area contributed by atoms with Gasteiger partial charge in [0.2, 0.25) is 0 Å². The maximum absolute atomic E-state index is 11.1. The topological polar surface area (TPSA) is 38.7 Å². The zero-order valence-corrected chi connectivity index (χ0v) is 9.13. The lowest BCUT2D eigenvalue weighted by atomic mass is 10.2. The van der Waals surface area contributed by atoms with E-state index in [0.29, 0.717) is 5.92 Å². The summed E-state index contributed by atoms with van der Waals surface area (Å²) in [7, 11) is 0. The molecule has 0 aliphatic carbocycles. The highest BCUT2D eigenvalue weighted by Gasteiger charge is 2.15. The van der Waals surface area contributed by atoms with Crippen LogP contribution < -0.4 is 0 Å². The molecule has 0 N–H and O–H groups in total. The van der Waals surface area contributed by atoms with E-state index in [4.69, 9.17) is 4.74 Å². The molecule has 3 heteroatoms. The third-order valence-electron chi connectivity index (χ3n) is 1.04. The number of ether oxygens (including phenoxy) is 1. The van der Waals surface area contributed by atoms with E-state index < -0.39 is 5.60 Å². The van der Waals surface area contributed by atoms with Crippen LogP contribution in [0, 0.1) is 5.92 Å². The van der Waals surface area contributed by atoms with Crippen molar-refractivity contribution in [2.45, 2.75) is 40.2 Å². The number of hydrogen-bond donors (Lipinski definition) is 0. The van der Waals surface area contributed by atoms with Gasteiger partial charge in [-0.3, -0.25) is 9.79 Å². The molecule has 0 radical (unpaired) electrons. The smallest absolute Gasteiger partial charge is 0.328 e. The molecule has 13 heavy (non-hydrogen) atoms.